The van der Waals surface area contributed by atoms with Crippen LogP contribution in [0.5, 0.6) is 0 Å². The Bertz CT molecular complexity index is 611. The Morgan fingerprint density at radius 3 is 2.57 bits per heavy atom. The number of hydrogen-bond donors (Lipinski definition) is 0. The van der Waals surface area contributed by atoms with E-state index in [-0.39, 0.29) is 0 Å². The van der Waals surface area contributed by atoms with Crippen LogP contribution in [-0.2, 0) is 6.54 Å². The Kier molecular flexibility index (Phi) is 5.53. The molecular formula is C20H23N. The molecule has 0 heterocycles. The van der Waals surface area contributed by atoms with Crippen LogP contribution >= 0.6 is 0 Å². The normalized spacial score (nSPS) is 11.2. The third-order valence-electron chi connectivity index (χ3n) is 3.40. The van der Waals surface area contributed by atoms with Gasteiger partial charge in [-0.25, -0.2) is 0 Å². The zero-order chi connectivity index (χ0) is 15.1. The summed E-state index contributed by atoms with van der Waals surface area (Å²) in [5, 5.41) is 0. The van der Waals surface area contributed by atoms with Gasteiger partial charge in [0.25, 0.3) is 0 Å². The summed E-state index contributed by atoms with van der Waals surface area (Å²) in [6, 6.07) is 19.0. The monoisotopic (exact) mass is 277 g/mol. The summed E-state index contributed by atoms with van der Waals surface area (Å²) >= 11 is 0. The number of rotatable bonds is 6. The van der Waals surface area contributed by atoms with Crippen molar-refractivity contribution in [1.29, 1.82) is 0 Å². The van der Waals surface area contributed by atoms with Crippen molar-refractivity contribution in [2.24, 2.45) is 0 Å². The molecule has 0 fully saturated rings. The van der Waals surface area contributed by atoms with E-state index in [1.165, 1.54) is 16.7 Å². The second kappa shape index (κ2) is 7.61. The molecule has 1 heteroatoms. The minimum atomic E-state index is 0.937. The topological polar surface area (TPSA) is 3.24 Å². The molecule has 0 radical (unpaired) electrons. The van der Waals surface area contributed by atoms with Crippen LogP contribution in [0.3, 0.4) is 0 Å². The largest absolute Gasteiger partial charge is 0.298 e. The van der Waals surface area contributed by atoms with E-state index < -0.39 is 0 Å². The van der Waals surface area contributed by atoms with Gasteiger partial charge in [-0.3, -0.25) is 4.90 Å². The van der Waals surface area contributed by atoms with Crippen molar-refractivity contribution in [3.05, 3.63) is 83.9 Å². The van der Waals surface area contributed by atoms with Crippen LogP contribution in [0.25, 0.3) is 11.6 Å². The van der Waals surface area contributed by atoms with E-state index in [2.05, 4.69) is 79.2 Å². The third kappa shape index (κ3) is 5.05. The summed E-state index contributed by atoms with van der Waals surface area (Å²) < 4.78 is 0. The fourth-order valence-corrected chi connectivity index (χ4v) is 2.24. The lowest BCUT2D eigenvalue weighted by molar-refractivity contribution is 0.364. The summed E-state index contributed by atoms with van der Waals surface area (Å²) in [6.45, 7) is 7.93. The highest BCUT2D eigenvalue weighted by Gasteiger charge is 2.00. The summed E-state index contributed by atoms with van der Waals surface area (Å²) in [6.07, 6.45) is 4.37. The minimum absolute atomic E-state index is 0.937. The van der Waals surface area contributed by atoms with Crippen LogP contribution in [0, 0.1) is 0 Å². The van der Waals surface area contributed by atoms with Crippen LogP contribution in [0.1, 0.15) is 23.6 Å². The van der Waals surface area contributed by atoms with Gasteiger partial charge in [-0.1, -0.05) is 78.9 Å². The maximum atomic E-state index is 4.00. The standard InChI is InChI=1S/C20H23N/c1-17(2)20-13-7-11-19(15-20)16-21(3)14-8-12-18-9-5-4-6-10-18/h4-13,15H,1,14,16H2,2-3H3/b12-8+. The lowest BCUT2D eigenvalue weighted by Crippen LogP contribution is -2.17. The summed E-state index contributed by atoms with van der Waals surface area (Å²) in [5.41, 5.74) is 4.91. The molecule has 2 aromatic rings. The average molecular weight is 277 g/mol. The number of likely N-dealkylation sites (N-methyl/N-ethyl adjacent to an activating group) is 1. The van der Waals surface area contributed by atoms with Gasteiger partial charge in [0.15, 0.2) is 0 Å². The Labute approximate surface area is 128 Å². The minimum Gasteiger partial charge on any atom is -0.298 e. The summed E-state index contributed by atoms with van der Waals surface area (Å²) in [4.78, 5) is 2.30. The van der Waals surface area contributed by atoms with Crippen LogP contribution in [0.15, 0.2) is 67.3 Å². The van der Waals surface area contributed by atoms with Crippen molar-refractivity contribution in [2.75, 3.05) is 13.6 Å². The quantitative estimate of drug-likeness (QED) is 0.728. The lowest BCUT2D eigenvalue weighted by atomic mass is 10.1. The summed E-state index contributed by atoms with van der Waals surface area (Å²) in [5.74, 6) is 0. The molecule has 0 amide bonds. The van der Waals surface area contributed by atoms with Crippen LogP contribution in [0.2, 0.25) is 0 Å². The Morgan fingerprint density at radius 1 is 1.10 bits per heavy atom. The first kappa shape index (κ1) is 15.3. The maximum Gasteiger partial charge on any atom is 0.0234 e. The number of nitrogens with zero attached hydrogens (tertiary/aromatic N) is 1. The molecule has 0 aromatic heterocycles. The average Bonchev–Trinajstić information content (AvgIpc) is 2.48. The molecule has 0 N–H and O–H groups in total. The first-order valence-corrected chi connectivity index (χ1v) is 7.30. The van der Waals surface area contributed by atoms with Crippen LogP contribution in [-0.4, -0.2) is 18.5 Å². The third-order valence-corrected chi connectivity index (χ3v) is 3.40. The van der Waals surface area contributed by atoms with Crippen LogP contribution in [0.4, 0.5) is 0 Å². The Morgan fingerprint density at radius 2 is 1.86 bits per heavy atom. The van der Waals surface area contributed by atoms with E-state index >= 15 is 0 Å². The number of hydrogen-bond acceptors (Lipinski definition) is 1. The first-order valence-electron chi connectivity index (χ1n) is 7.30. The molecule has 0 atom stereocenters. The first-order chi connectivity index (χ1) is 10.1. The summed E-state index contributed by atoms with van der Waals surface area (Å²) in [7, 11) is 2.14. The lowest BCUT2D eigenvalue weighted by Gasteiger charge is -2.15. The molecule has 2 rings (SSSR count). The van der Waals surface area contributed by atoms with Gasteiger partial charge in [0.2, 0.25) is 0 Å². The van der Waals surface area contributed by atoms with E-state index in [0.29, 0.717) is 0 Å². The zero-order valence-electron chi connectivity index (χ0n) is 12.9. The molecule has 108 valence electrons. The fraction of sp³-hybridized carbons (Fsp3) is 0.200. The van der Waals surface area contributed by atoms with Gasteiger partial charge in [-0.05, 0) is 30.7 Å². The molecule has 0 aliphatic carbocycles. The van der Waals surface area contributed by atoms with Crippen molar-refractivity contribution < 1.29 is 0 Å². The van der Waals surface area contributed by atoms with Gasteiger partial charge in [0.05, 0.1) is 0 Å². The Hall–Kier alpha value is -2.12. The smallest absolute Gasteiger partial charge is 0.0234 e. The highest BCUT2D eigenvalue weighted by Crippen LogP contribution is 2.14. The number of allylic oxidation sites excluding steroid dienone is 1. The second-order valence-corrected chi connectivity index (χ2v) is 5.49. The highest BCUT2D eigenvalue weighted by atomic mass is 15.1. The van der Waals surface area contributed by atoms with Crippen molar-refractivity contribution in [3.8, 4) is 0 Å². The van der Waals surface area contributed by atoms with Crippen molar-refractivity contribution >= 4 is 11.6 Å². The molecule has 0 bridgehead atoms. The van der Waals surface area contributed by atoms with E-state index in [4.69, 9.17) is 0 Å². The van der Waals surface area contributed by atoms with Gasteiger partial charge in [-0.2, -0.15) is 0 Å². The van der Waals surface area contributed by atoms with Gasteiger partial charge < -0.3 is 0 Å². The molecule has 0 saturated heterocycles. The van der Waals surface area contributed by atoms with Gasteiger partial charge in [0, 0.05) is 13.1 Å². The molecular weight excluding hydrogens is 254 g/mol. The predicted octanol–water partition coefficient (Wildman–Crippen LogP) is 4.86. The molecule has 21 heavy (non-hydrogen) atoms. The molecule has 0 unspecified atom stereocenters. The van der Waals surface area contributed by atoms with Crippen LogP contribution < -0.4 is 0 Å². The Balaban J connectivity index is 1.90. The highest BCUT2D eigenvalue weighted by molar-refractivity contribution is 5.61. The molecule has 0 spiro atoms. The van der Waals surface area contributed by atoms with Gasteiger partial charge in [0.1, 0.15) is 0 Å². The van der Waals surface area contributed by atoms with Crippen molar-refractivity contribution in [1.82, 2.24) is 4.90 Å². The fourth-order valence-electron chi connectivity index (χ4n) is 2.24. The maximum absolute atomic E-state index is 4.00. The predicted molar refractivity (Wildman–Crippen MR) is 93.0 cm³/mol. The molecule has 1 nitrogen and oxygen atoms in total. The van der Waals surface area contributed by atoms with E-state index in [0.717, 1.165) is 18.7 Å². The van der Waals surface area contributed by atoms with E-state index in [1.807, 2.05) is 13.0 Å². The second-order valence-electron chi connectivity index (χ2n) is 5.49. The van der Waals surface area contributed by atoms with E-state index in [1.54, 1.807) is 0 Å². The van der Waals surface area contributed by atoms with Crippen molar-refractivity contribution in [3.63, 3.8) is 0 Å². The molecule has 0 aliphatic rings. The molecule has 0 aliphatic heterocycles. The SMILES string of the molecule is C=C(C)c1cccc(CN(C)C/C=C/c2ccccc2)c1. The molecule has 2 aromatic carbocycles. The van der Waals surface area contributed by atoms with E-state index in [9.17, 15) is 0 Å². The zero-order valence-corrected chi connectivity index (χ0v) is 12.9. The number of benzene rings is 2. The van der Waals surface area contributed by atoms with Crippen molar-refractivity contribution in [2.45, 2.75) is 13.5 Å². The van der Waals surface area contributed by atoms with Gasteiger partial charge >= 0.3 is 0 Å². The van der Waals surface area contributed by atoms with Gasteiger partial charge in [-0.15, -0.1) is 0 Å². The molecule has 0 saturated carbocycles.